The lowest BCUT2D eigenvalue weighted by molar-refractivity contribution is 0.417. The summed E-state index contributed by atoms with van der Waals surface area (Å²) in [5.74, 6) is -0.281. The third-order valence-corrected chi connectivity index (χ3v) is 6.09. The first-order valence-corrected chi connectivity index (χ1v) is 11.8. The number of rotatable bonds is 8. The number of hydrogen-bond donors (Lipinski definition) is 1. The number of anilines is 1. The van der Waals surface area contributed by atoms with Gasteiger partial charge in [-0.3, -0.25) is 0 Å². The van der Waals surface area contributed by atoms with Crippen molar-refractivity contribution in [1.29, 1.82) is 5.26 Å². The maximum absolute atomic E-state index is 13.8. The predicted molar refractivity (Wildman–Crippen MR) is 141 cm³/mol. The average molecular weight is 504 g/mol. The molecule has 1 N–H and O–H groups in total. The summed E-state index contributed by atoms with van der Waals surface area (Å²) in [6, 6.07) is 23.5. The Kier molecular flexibility index (Phi) is 8.09. The highest BCUT2D eigenvalue weighted by molar-refractivity contribution is 7.80. The lowest BCUT2D eigenvalue weighted by Gasteiger charge is -2.26. The van der Waals surface area contributed by atoms with Crippen LogP contribution in [0, 0.1) is 17.1 Å². The first-order valence-electron chi connectivity index (χ1n) is 11.0. The normalized spacial score (nSPS) is 10.5. The van der Waals surface area contributed by atoms with Gasteiger partial charge in [-0.05, 0) is 65.8 Å². The number of benzene rings is 3. The molecule has 0 saturated heterocycles. The van der Waals surface area contributed by atoms with Crippen LogP contribution in [-0.2, 0) is 19.5 Å². The standard InChI is InChI=1S/C27H23ClFN5S/c28-23-4-2-6-25(14-23)32-27(35)33(18-22-3-1-5-24(29)13-22)12-11-26-16-31-19-34(26)17-21-9-7-20(15-30)8-10-21/h1-10,13-14,16,19H,11-12,17-18H2,(H,32,35). The maximum atomic E-state index is 13.8. The fourth-order valence-corrected chi connectivity index (χ4v) is 4.17. The zero-order valence-corrected chi connectivity index (χ0v) is 20.4. The fourth-order valence-electron chi connectivity index (χ4n) is 3.71. The number of nitrogens with one attached hydrogen (secondary N) is 1. The van der Waals surface area contributed by atoms with Gasteiger partial charge >= 0.3 is 0 Å². The molecular weight excluding hydrogens is 481 g/mol. The summed E-state index contributed by atoms with van der Waals surface area (Å²) in [4.78, 5) is 6.33. The Morgan fingerprint density at radius 1 is 1.09 bits per heavy atom. The van der Waals surface area contributed by atoms with Crippen molar-refractivity contribution in [2.24, 2.45) is 0 Å². The van der Waals surface area contributed by atoms with Gasteiger partial charge in [0.25, 0.3) is 0 Å². The molecule has 0 bridgehead atoms. The fraction of sp³-hybridized carbons (Fsp3) is 0.148. The van der Waals surface area contributed by atoms with E-state index in [-0.39, 0.29) is 5.82 Å². The van der Waals surface area contributed by atoms with Crippen molar-refractivity contribution in [1.82, 2.24) is 14.5 Å². The molecule has 0 saturated carbocycles. The van der Waals surface area contributed by atoms with E-state index in [9.17, 15) is 4.39 Å². The van der Waals surface area contributed by atoms with Gasteiger partial charge in [-0.1, -0.05) is 41.9 Å². The second-order valence-electron chi connectivity index (χ2n) is 8.06. The first kappa shape index (κ1) is 24.4. The van der Waals surface area contributed by atoms with E-state index in [1.54, 1.807) is 24.5 Å². The molecule has 1 aromatic heterocycles. The summed E-state index contributed by atoms with van der Waals surface area (Å²) in [5.41, 5.74) is 4.37. The minimum absolute atomic E-state index is 0.281. The van der Waals surface area contributed by atoms with Crippen LogP contribution in [0.1, 0.15) is 22.4 Å². The van der Waals surface area contributed by atoms with E-state index in [0.717, 1.165) is 22.5 Å². The Bertz CT molecular complexity index is 1350. The summed E-state index contributed by atoms with van der Waals surface area (Å²) >= 11 is 11.8. The van der Waals surface area contributed by atoms with Crippen molar-refractivity contribution in [3.63, 3.8) is 0 Å². The van der Waals surface area contributed by atoms with Crippen LogP contribution in [0.5, 0.6) is 0 Å². The smallest absolute Gasteiger partial charge is 0.173 e. The monoisotopic (exact) mass is 503 g/mol. The zero-order chi connectivity index (χ0) is 24.6. The highest BCUT2D eigenvalue weighted by Crippen LogP contribution is 2.17. The Balaban J connectivity index is 1.48. The Morgan fingerprint density at radius 2 is 1.89 bits per heavy atom. The number of nitrogens with zero attached hydrogens (tertiary/aromatic N) is 4. The van der Waals surface area contributed by atoms with Crippen LogP contribution in [0.3, 0.4) is 0 Å². The third kappa shape index (κ3) is 6.89. The van der Waals surface area contributed by atoms with Gasteiger partial charge in [0.2, 0.25) is 0 Å². The van der Waals surface area contributed by atoms with Gasteiger partial charge in [0, 0.05) is 48.7 Å². The van der Waals surface area contributed by atoms with Crippen molar-refractivity contribution in [2.75, 3.05) is 11.9 Å². The number of thiocarbonyl (C=S) groups is 1. The Morgan fingerprint density at radius 3 is 2.63 bits per heavy atom. The van der Waals surface area contributed by atoms with Gasteiger partial charge in [-0.2, -0.15) is 5.26 Å². The molecule has 0 amide bonds. The SMILES string of the molecule is N#Cc1ccc(Cn2cncc2CCN(Cc2cccc(F)c2)C(=S)Nc2cccc(Cl)c2)cc1. The summed E-state index contributed by atoms with van der Waals surface area (Å²) in [6.45, 7) is 1.70. The number of halogens is 2. The van der Waals surface area contributed by atoms with Gasteiger partial charge in [0.1, 0.15) is 5.82 Å². The highest BCUT2D eigenvalue weighted by atomic mass is 35.5. The topological polar surface area (TPSA) is 56.9 Å². The molecule has 4 aromatic rings. The lowest BCUT2D eigenvalue weighted by Crippen LogP contribution is -2.36. The van der Waals surface area contributed by atoms with Crippen molar-refractivity contribution < 1.29 is 4.39 Å². The molecule has 0 unspecified atom stereocenters. The number of hydrogen-bond acceptors (Lipinski definition) is 3. The van der Waals surface area contributed by atoms with E-state index in [1.807, 2.05) is 53.6 Å². The van der Waals surface area contributed by atoms with E-state index in [1.165, 1.54) is 12.1 Å². The molecule has 8 heteroatoms. The summed E-state index contributed by atoms with van der Waals surface area (Å²) in [6.07, 6.45) is 4.33. The van der Waals surface area contributed by atoms with Gasteiger partial charge in [0.05, 0.1) is 18.0 Å². The molecular formula is C27H23ClFN5S. The number of nitriles is 1. The minimum atomic E-state index is -0.281. The molecule has 3 aromatic carbocycles. The van der Waals surface area contributed by atoms with Crippen LogP contribution < -0.4 is 5.32 Å². The lowest BCUT2D eigenvalue weighted by atomic mass is 10.1. The minimum Gasteiger partial charge on any atom is -0.344 e. The van der Waals surface area contributed by atoms with Crippen LogP contribution in [0.25, 0.3) is 0 Å². The molecule has 0 atom stereocenters. The van der Waals surface area contributed by atoms with E-state index in [4.69, 9.17) is 29.1 Å². The molecule has 0 spiro atoms. The molecule has 5 nitrogen and oxygen atoms in total. The van der Waals surface area contributed by atoms with Crippen molar-refractivity contribution >= 4 is 34.6 Å². The average Bonchev–Trinajstić information content (AvgIpc) is 3.29. The summed E-state index contributed by atoms with van der Waals surface area (Å²) in [5, 5.41) is 13.4. The van der Waals surface area contributed by atoms with Crippen molar-refractivity contribution in [3.05, 3.63) is 119 Å². The molecule has 1 heterocycles. The summed E-state index contributed by atoms with van der Waals surface area (Å²) < 4.78 is 15.9. The van der Waals surface area contributed by atoms with Gasteiger partial charge in [0.15, 0.2) is 5.11 Å². The first-order chi connectivity index (χ1) is 17.0. The molecule has 0 aliphatic rings. The molecule has 0 aliphatic heterocycles. The van der Waals surface area contributed by atoms with Crippen LogP contribution in [0.4, 0.5) is 10.1 Å². The van der Waals surface area contributed by atoms with E-state index < -0.39 is 0 Å². The zero-order valence-electron chi connectivity index (χ0n) is 18.9. The van der Waals surface area contributed by atoms with Crippen LogP contribution in [0.2, 0.25) is 5.02 Å². The second kappa shape index (κ2) is 11.6. The Labute approximate surface area is 214 Å². The van der Waals surface area contributed by atoms with Crippen LogP contribution >= 0.6 is 23.8 Å². The highest BCUT2D eigenvalue weighted by Gasteiger charge is 2.14. The second-order valence-corrected chi connectivity index (χ2v) is 8.89. The molecule has 0 fully saturated rings. The molecule has 0 aliphatic carbocycles. The Hall–Kier alpha value is -3.73. The molecule has 0 radical (unpaired) electrons. The number of imidazole rings is 1. The van der Waals surface area contributed by atoms with Gasteiger partial charge in [-0.25, -0.2) is 9.37 Å². The third-order valence-electron chi connectivity index (χ3n) is 5.50. The molecule has 4 rings (SSSR count). The largest absolute Gasteiger partial charge is 0.344 e. The summed E-state index contributed by atoms with van der Waals surface area (Å²) in [7, 11) is 0. The predicted octanol–water partition coefficient (Wildman–Crippen LogP) is 6.04. The van der Waals surface area contributed by atoms with E-state index in [2.05, 4.69) is 20.9 Å². The van der Waals surface area contributed by atoms with Crippen molar-refractivity contribution in [2.45, 2.75) is 19.5 Å². The van der Waals surface area contributed by atoms with Crippen molar-refractivity contribution in [3.8, 4) is 6.07 Å². The van der Waals surface area contributed by atoms with Crippen LogP contribution in [-0.4, -0.2) is 26.1 Å². The van der Waals surface area contributed by atoms with Gasteiger partial charge < -0.3 is 14.8 Å². The van der Waals surface area contributed by atoms with Gasteiger partial charge in [-0.15, -0.1) is 0 Å². The molecule has 35 heavy (non-hydrogen) atoms. The van der Waals surface area contributed by atoms with Crippen LogP contribution in [0.15, 0.2) is 85.3 Å². The molecule has 176 valence electrons. The maximum Gasteiger partial charge on any atom is 0.173 e. The van der Waals surface area contributed by atoms with E-state index in [0.29, 0.717) is 41.8 Å². The quantitative estimate of drug-likeness (QED) is 0.297. The number of aromatic nitrogens is 2. The van der Waals surface area contributed by atoms with E-state index >= 15 is 0 Å².